The zero-order chi connectivity index (χ0) is 9.36. The molecule has 0 aromatic carbocycles. The maximum absolute atomic E-state index is 5.39. The first kappa shape index (κ1) is 10.8. The van der Waals surface area contributed by atoms with E-state index in [0.29, 0.717) is 6.61 Å². The molecule has 3 heteroatoms. The first-order valence-corrected chi connectivity index (χ1v) is 5.80. The standard InChI is InChI=1S/C10H14OS2/c12-8-2-1-6-11-7-5-10-4-3-9-13-10/h1-4,9,12H,5-8H2. The van der Waals surface area contributed by atoms with E-state index in [1.807, 2.05) is 12.2 Å². The second kappa shape index (κ2) is 7.18. The van der Waals surface area contributed by atoms with Crippen LogP contribution in [-0.2, 0) is 11.2 Å². The zero-order valence-electron chi connectivity index (χ0n) is 7.48. The first-order valence-electron chi connectivity index (χ1n) is 4.29. The van der Waals surface area contributed by atoms with Crippen molar-refractivity contribution < 1.29 is 4.74 Å². The molecule has 0 aliphatic rings. The number of ether oxygens (including phenoxy) is 1. The molecule has 1 heterocycles. The molecule has 0 amide bonds. The second-order valence-corrected chi connectivity index (χ2v) is 3.96. The Hall–Kier alpha value is -0.250. The van der Waals surface area contributed by atoms with Crippen LogP contribution in [0.15, 0.2) is 29.7 Å². The van der Waals surface area contributed by atoms with Crippen LogP contribution in [0.3, 0.4) is 0 Å². The maximum Gasteiger partial charge on any atom is 0.0647 e. The Morgan fingerprint density at radius 2 is 2.38 bits per heavy atom. The average Bonchev–Trinajstić information content (AvgIpc) is 2.63. The van der Waals surface area contributed by atoms with E-state index in [9.17, 15) is 0 Å². The van der Waals surface area contributed by atoms with Gasteiger partial charge in [-0.2, -0.15) is 12.6 Å². The highest BCUT2D eigenvalue weighted by atomic mass is 32.1. The van der Waals surface area contributed by atoms with Crippen LogP contribution in [0, 0.1) is 0 Å². The minimum atomic E-state index is 0.700. The average molecular weight is 214 g/mol. The van der Waals surface area contributed by atoms with Gasteiger partial charge in [-0.05, 0) is 11.4 Å². The van der Waals surface area contributed by atoms with Crippen LogP contribution < -0.4 is 0 Å². The van der Waals surface area contributed by atoms with E-state index in [4.69, 9.17) is 4.74 Å². The minimum absolute atomic E-state index is 0.700. The number of hydrogen-bond donors (Lipinski definition) is 1. The molecule has 13 heavy (non-hydrogen) atoms. The third-order valence-electron chi connectivity index (χ3n) is 1.56. The highest BCUT2D eigenvalue weighted by molar-refractivity contribution is 7.80. The minimum Gasteiger partial charge on any atom is -0.377 e. The summed E-state index contributed by atoms with van der Waals surface area (Å²) in [7, 11) is 0. The van der Waals surface area contributed by atoms with Crippen molar-refractivity contribution in [2.45, 2.75) is 6.42 Å². The fraction of sp³-hybridized carbons (Fsp3) is 0.400. The van der Waals surface area contributed by atoms with E-state index in [0.717, 1.165) is 18.8 Å². The van der Waals surface area contributed by atoms with Gasteiger partial charge in [0.25, 0.3) is 0 Å². The quantitative estimate of drug-likeness (QED) is 0.435. The van der Waals surface area contributed by atoms with E-state index in [-0.39, 0.29) is 0 Å². The lowest BCUT2D eigenvalue weighted by molar-refractivity contribution is 0.166. The van der Waals surface area contributed by atoms with Gasteiger partial charge in [0.2, 0.25) is 0 Å². The van der Waals surface area contributed by atoms with Gasteiger partial charge in [-0.15, -0.1) is 11.3 Å². The third kappa shape index (κ3) is 5.13. The molecule has 1 rings (SSSR count). The van der Waals surface area contributed by atoms with Gasteiger partial charge in [-0.3, -0.25) is 0 Å². The van der Waals surface area contributed by atoms with E-state index in [1.54, 1.807) is 11.3 Å². The van der Waals surface area contributed by atoms with E-state index < -0.39 is 0 Å². The SMILES string of the molecule is SCC=CCOCCc1cccs1. The van der Waals surface area contributed by atoms with Crippen molar-refractivity contribution in [1.82, 2.24) is 0 Å². The summed E-state index contributed by atoms with van der Waals surface area (Å²) >= 11 is 5.83. The summed E-state index contributed by atoms with van der Waals surface area (Å²) in [6.07, 6.45) is 5.02. The van der Waals surface area contributed by atoms with Gasteiger partial charge in [-0.25, -0.2) is 0 Å². The lowest BCUT2D eigenvalue weighted by Gasteiger charge is -1.98. The molecule has 0 aliphatic carbocycles. The monoisotopic (exact) mass is 214 g/mol. The summed E-state index contributed by atoms with van der Waals surface area (Å²) in [5.41, 5.74) is 0. The highest BCUT2D eigenvalue weighted by Gasteiger charge is 1.91. The normalized spacial score (nSPS) is 11.2. The Balaban J connectivity index is 1.99. The molecular weight excluding hydrogens is 200 g/mol. The Bertz CT molecular complexity index is 229. The van der Waals surface area contributed by atoms with Crippen LogP contribution in [0.5, 0.6) is 0 Å². The van der Waals surface area contributed by atoms with E-state index in [2.05, 4.69) is 30.1 Å². The summed E-state index contributed by atoms with van der Waals surface area (Å²) in [5, 5.41) is 2.09. The summed E-state index contributed by atoms with van der Waals surface area (Å²) in [6.45, 7) is 1.50. The molecule has 0 atom stereocenters. The number of rotatable bonds is 6. The van der Waals surface area contributed by atoms with Crippen LogP contribution in [0.2, 0.25) is 0 Å². The van der Waals surface area contributed by atoms with Gasteiger partial charge in [0.1, 0.15) is 0 Å². The van der Waals surface area contributed by atoms with Crippen molar-refractivity contribution in [1.29, 1.82) is 0 Å². The summed E-state index contributed by atoms with van der Waals surface area (Å²) in [6, 6.07) is 4.21. The van der Waals surface area contributed by atoms with Crippen LogP contribution in [-0.4, -0.2) is 19.0 Å². The zero-order valence-corrected chi connectivity index (χ0v) is 9.19. The predicted molar refractivity (Wildman–Crippen MR) is 61.8 cm³/mol. The van der Waals surface area contributed by atoms with Crippen molar-refractivity contribution in [2.75, 3.05) is 19.0 Å². The predicted octanol–water partition coefficient (Wildman–Crippen LogP) is 2.79. The molecule has 0 fully saturated rings. The fourth-order valence-electron chi connectivity index (χ4n) is 0.922. The Morgan fingerprint density at radius 1 is 1.46 bits per heavy atom. The summed E-state index contributed by atoms with van der Waals surface area (Å²) in [5.74, 6) is 0.786. The Kier molecular flexibility index (Phi) is 5.98. The van der Waals surface area contributed by atoms with E-state index in [1.165, 1.54) is 4.88 Å². The molecule has 0 N–H and O–H groups in total. The third-order valence-corrected chi connectivity index (χ3v) is 2.71. The lowest BCUT2D eigenvalue weighted by atomic mass is 10.4. The molecule has 0 spiro atoms. The van der Waals surface area contributed by atoms with Crippen molar-refractivity contribution in [3.8, 4) is 0 Å². The molecule has 0 aliphatic heterocycles. The molecule has 0 radical (unpaired) electrons. The summed E-state index contributed by atoms with van der Waals surface area (Å²) in [4.78, 5) is 1.39. The number of thiophene rings is 1. The molecule has 0 saturated carbocycles. The molecule has 1 aromatic heterocycles. The molecule has 0 saturated heterocycles. The smallest absolute Gasteiger partial charge is 0.0647 e. The first-order chi connectivity index (χ1) is 6.43. The van der Waals surface area contributed by atoms with Gasteiger partial charge >= 0.3 is 0 Å². The van der Waals surface area contributed by atoms with Crippen LogP contribution >= 0.6 is 24.0 Å². The van der Waals surface area contributed by atoms with E-state index >= 15 is 0 Å². The van der Waals surface area contributed by atoms with Gasteiger partial charge in [0.05, 0.1) is 13.2 Å². The van der Waals surface area contributed by atoms with Crippen molar-refractivity contribution in [3.05, 3.63) is 34.5 Å². The van der Waals surface area contributed by atoms with Crippen LogP contribution in [0.25, 0.3) is 0 Å². The van der Waals surface area contributed by atoms with Gasteiger partial charge in [-0.1, -0.05) is 18.2 Å². The van der Waals surface area contributed by atoms with Crippen LogP contribution in [0.1, 0.15) is 4.88 Å². The highest BCUT2D eigenvalue weighted by Crippen LogP contribution is 2.08. The Morgan fingerprint density at radius 3 is 3.08 bits per heavy atom. The van der Waals surface area contributed by atoms with Crippen molar-refractivity contribution in [2.24, 2.45) is 0 Å². The molecule has 72 valence electrons. The van der Waals surface area contributed by atoms with Crippen LogP contribution in [0.4, 0.5) is 0 Å². The molecule has 0 bridgehead atoms. The lowest BCUT2D eigenvalue weighted by Crippen LogP contribution is -1.96. The fourth-order valence-corrected chi connectivity index (χ4v) is 1.76. The molecule has 0 unspecified atom stereocenters. The molecule has 1 aromatic rings. The van der Waals surface area contributed by atoms with Gasteiger partial charge in [0.15, 0.2) is 0 Å². The van der Waals surface area contributed by atoms with Gasteiger partial charge < -0.3 is 4.74 Å². The molecule has 1 nitrogen and oxygen atoms in total. The van der Waals surface area contributed by atoms with Crippen molar-refractivity contribution >= 4 is 24.0 Å². The summed E-state index contributed by atoms with van der Waals surface area (Å²) < 4.78 is 5.39. The largest absolute Gasteiger partial charge is 0.377 e. The molecular formula is C10H14OS2. The second-order valence-electron chi connectivity index (χ2n) is 2.56. The number of hydrogen-bond acceptors (Lipinski definition) is 3. The topological polar surface area (TPSA) is 9.23 Å². The maximum atomic E-state index is 5.39. The number of thiol groups is 1. The van der Waals surface area contributed by atoms with Gasteiger partial charge in [0, 0.05) is 17.1 Å². The van der Waals surface area contributed by atoms with Crippen molar-refractivity contribution in [3.63, 3.8) is 0 Å². The Labute approximate surface area is 88.8 Å².